The summed E-state index contributed by atoms with van der Waals surface area (Å²) in [7, 11) is 0. The standard InChI is InChI=1S/C15H26N2O2.C15H20N2O2.3C5H10N.C5H6N.2Co/c2*18-14-7-3-1-5-12(14)9-16-11-17-10-13-6-2-4-8-15(13)19;4*1-2-4-6-5-3-1;;/h9-10,12-15,18-19H,1-8,11H2;1,3,5,7,9-10,13,15,18-19H,2,4,6,8,11H2;3*1-5H2;1-4H,5H2;;/q;;4*-1;2*+3/b;16-9+,17-10?;;;;;;. The van der Waals surface area contributed by atoms with E-state index in [9.17, 15) is 20.4 Å². The molecule has 4 heterocycles. The molecular weight excluding hydrogens is 894 g/mol. The van der Waals surface area contributed by atoms with Gasteiger partial charge in [-0.25, -0.2) is 0 Å². The molecule has 3 saturated carbocycles. The molecule has 6 unspecified atom stereocenters. The van der Waals surface area contributed by atoms with Crippen molar-refractivity contribution in [2.24, 2.45) is 37.7 Å². The van der Waals surface area contributed by atoms with Crippen LogP contribution in [0.25, 0.3) is 21.3 Å². The maximum absolute atomic E-state index is 9.80. The summed E-state index contributed by atoms with van der Waals surface area (Å²) in [5, 5.41) is 55.4. The fraction of sp³-hybridized carbons (Fsp3) is 0.720. The largest absolute Gasteiger partial charge is 3.00 e. The van der Waals surface area contributed by atoms with E-state index >= 15 is 0 Å². The quantitative estimate of drug-likeness (QED) is 0.189. The van der Waals surface area contributed by atoms with Gasteiger partial charge in [-0.3, -0.25) is 20.0 Å². The van der Waals surface area contributed by atoms with Crippen LogP contribution < -0.4 is 0 Å². The fourth-order valence-electron chi connectivity index (χ4n) is 7.90. The van der Waals surface area contributed by atoms with E-state index in [4.69, 9.17) is 0 Å². The van der Waals surface area contributed by atoms with Crippen molar-refractivity contribution in [2.75, 3.05) is 59.2 Å². The molecule has 0 spiro atoms. The second-order valence-electron chi connectivity index (χ2n) is 17.0. The smallest absolute Gasteiger partial charge is 0.687 e. The maximum atomic E-state index is 9.80. The number of hydrogen-bond acceptors (Lipinski definition) is 8. The topological polar surface area (TPSA) is 187 Å². The Labute approximate surface area is 408 Å². The predicted molar refractivity (Wildman–Crippen MR) is 262 cm³/mol. The molecule has 0 bridgehead atoms. The van der Waals surface area contributed by atoms with Gasteiger partial charge in [-0.15, -0.1) is 51.9 Å². The maximum Gasteiger partial charge on any atom is 3.00 e. The van der Waals surface area contributed by atoms with Crippen LogP contribution in [-0.2, 0) is 33.6 Å². The van der Waals surface area contributed by atoms with Crippen molar-refractivity contribution < 1.29 is 54.0 Å². The molecule has 3 aliphatic carbocycles. The van der Waals surface area contributed by atoms with Crippen molar-refractivity contribution in [1.29, 1.82) is 0 Å². The van der Waals surface area contributed by atoms with Gasteiger partial charge in [0.2, 0.25) is 0 Å². The number of aliphatic hydroxyl groups excluding tert-OH is 3. The molecule has 1 aromatic carbocycles. The molecule has 8 rings (SSSR count). The van der Waals surface area contributed by atoms with Gasteiger partial charge in [0.1, 0.15) is 19.1 Å². The SMILES string of the molecule is C1=CC[N-]C=C1.C1CC[N-]CC1.C1CC[N-]CC1.C1CC[N-]CC1.OC1CCCCC1C=NCN=CC1CCCCC1O.Oc1ccccc1/C=N/CN=CC1CCCCC1O.[Co+3].[Co+3]. The van der Waals surface area contributed by atoms with Gasteiger partial charge in [0, 0.05) is 48.2 Å². The molecule has 0 aromatic heterocycles. The van der Waals surface area contributed by atoms with Crippen molar-refractivity contribution in [2.45, 2.75) is 153 Å². The molecule has 7 aliphatic rings. The van der Waals surface area contributed by atoms with Gasteiger partial charge in [-0.1, -0.05) is 121 Å². The first kappa shape index (κ1) is 59.8. The third kappa shape index (κ3) is 30.9. The number of allylic oxidation sites excluding steroid dienone is 2. The summed E-state index contributed by atoms with van der Waals surface area (Å²) in [5.41, 5.74) is 0.690. The van der Waals surface area contributed by atoms with Crippen LogP contribution in [0.15, 0.2) is 68.7 Å². The number of rotatable bonds is 8. The molecule has 0 amide bonds. The van der Waals surface area contributed by atoms with E-state index in [1.54, 1.807) is 30.6 Å². The van der Waals surface area contributed by atoms with Crippen molar-refractivity contribution in [3.8, 4) is 5.75 Å². The molecule has 4 N–H and O–H groups in total. The van der Waals surface area contributed by atoms with Gasteiger partial charge in [0.05, 0.1) is 18.3 Å². The normalized spacial score (nSPS) is 26.6. The third-order valence-corrected chi connectivity index (χ3v) is 11.8. The average Bonchev–Trinajstić information content (AvgIpc) is 3.34. The Morgan fingerprint density at radius 3 is 1.16 bits per heavy atom. The van der Waals surface area contributed by atoms with Crippen LogP contribution in [0.3, 0.4) is 0 Å². The van der Waals surface area contributed by atoms with Crippen LogP contribution in [0.2, 0.25) is 0 Å². The number of benzene rings is 1. The molecule has 0 radical (unpaired) electrons. The molecule has 64 heavy (non-hydrogen) atoms. The minimum absolute atomic E-state index is 0. The minimum atomic E-state index is -0.250. The summed E-state index contributed by atoms with van der Waals surface area (Å²) in [5.74, 6) is 0.820. The summed E-state index contributed by atoms with van der Waals surface area (Å²) >= 11 is 0. The first-order chi connectivity index (χ1) is 30.5. The number of hydrogen-bond donors (Lipinski definition) is 4. The van der Waals surface area contributed by atoms with E-state index in [1.807, 2.05) is 42.9 Å². The van der Waals surface area contributed by atoms with Gasteiger partial charge in [0.25, 0.3) is 0 Å². The zero-order valence-electron chi connectivity index (χ0n) is 38.6. The van der Waals surface area contributed by atoms with Crippen LogP contribution in [0, 0.1) is 17.8 Å². The predicted octanol–water partition coefficient (Wildman–Crippen LogP) is 10.6. The first-order valence-electron chi connectivity index (χ1n) is 24.2. The van der Waals surface area contributed by atoms with Crippen LogP contribution in [0.5, 0.6) is 5.75 Å². The van der Waals surface area contributed by atoms with Crippen molar-refractivity contribution in [3.05, 3.63) is 75.5 Å². The number of piperidine rings is 3. The molecule has 12 nitrogen and oxygen atoms in total. The molecule has 6 fully saturated rings. The number of phenols is 1. The van der Waals surface area contributed by atoms with E-state index in [0.29, 0.717) is 18.9 Å². The Bertz CT molecular complexity index is 1300. The summed E-state index contributed by atoms with van der Waals surface area (Å²) in [6.07, 6.45) is 39.1. The van der Waals surface area contributed by atoms with Crippen LogP contribution in [0.4, 0.5) is 0 Å². The third-order valence-electron chi connectivity index (χ3n) is 11.8. The molecular formula is C50H82Co2N8O4+2. The van der Waals surface area contributed by atoms with E-state index in [-0.39, 0.29) is 75.4 Å². The van der Waals surface area contributed by atoms with E-state index in [2.05, 4.69) is 41.2 Å². The zero-order valence-corrected chi connectivity index (χ0v) is 40.7. The van der Waals surface area contributed by atoms with Gasteiger partial charge < -0.3 is 41.7 Å². The van der Waals surface area contributed by atoms with Crippen molar-refractivity contribution >= 4 is 24.9 Å². The van der Waals surface area contributed by atoms with E-state index in [0.717, 1.165) is 110 Å². The molecule has 6 atom stereocenters. The summed E-state index contributed by atoms with van der Waals surface area (Å²) < 4.78 is 0. The van der Waals surface area contributed by atoms with Gasteiger partial charge in [0.15, 0.2) is 0 Å². The fourth-order valence-corrected chi connectivity index (χ4v) is 7.90. The minimum Gasteiger partial charge on any atom is -0.687 e. The van der Waals surface area contributed by atoms with Gasteiger partial charge in [-0.2, -0.15) is 6.20 Å². The Kier molecular flexibility index (Phi) is 39.3. The Hall–Kier alpha value is -2.25. The van der Waals surface area contributed by atoms with Crippen LogP contribution >= 0.6 is 0 Å². The monoisotopic (exact) mass is 977 g/mol. The molecule has 14 heteroatoms. The number of aliphatic hydroxyl groups is 3. The molecule has 1 aromatic rings. The first-order valence-corrected chi connectivity index (χ1v) is 24.2. The Balaban J connectivity index is 0.000000417. The Morgan fingerprint density at radius 2 is 0.875 bits per heavy atom. The number of nitrogens with zero attached hydrogens (tertiary/aromatic N) is 8. The number of aliphatic imine (C=N–C) groups is 4. The molecule has 362 valence electrons. The van der Waals surface area contributed by atoms with E-state index < -0.39 is 0 Å². The van der Waals surface area contributed by atoms with Crippen molar-refractivity contribution in [1.82, 2.24) is 0 Å². The summed E-state index contributed by atoms with van der Waals surface area (Å²) in [6, 6.07) is 7.05. The Morgan fingerprint density at radius 1 is 0.484 bits per heavy atom. The van der Waals surface area contributed by atoms with Crippen LogP contribution in [0.1, 0.15) is 140 Å². The molecule has 4 aliphatic heterocycles. The zero-order chi connectivity index (χ0) is 44.0. The number of aromatic hydroxyl groups is 1. The number of phenolic OH excluding ortho intramolecular Hbond substituents is 1. The van der Waals surface area contributed by atoms with Crippen LogP contribution in [-0.4, -0.2) is 123 Å². The summed E-state index contributed by atoms with van der Waals surface area (Å²) in [4.78, 5) is 17.0. The summed E-state index contributed by atoms with van der Waals surface area (Å²) in [6.45, 7) is 8.36. The second kappa shape index (κ2) is 42.1. The average molecular weight is 977 g/mol. The number of para-hydroxylation sites is 1. The van der Waals surface area contributed by atoms with Gasteiger partial charge >= 0.3 is 33.6 Å². The molecule has 3 saturated heterocycles. The second-order valence-corrected chi connectivity index (χ2v) is 17.0. The van der Waals surface area contributed by atoms with Gasteiger partial charge in [-0.05, 0) is 50.7 Å². The van der Waals surface area contributed by atoms with E-state index in [1.165, 1.54) is 70.6 Å². The van der Waals surface area contributed by atoms with Crippen molar-refractivity contribution in [3.63, 3.8) is 0 Å².